The van der Waals surface area contributed by atoms with Crippen molar-refractivity contribution in [3.05, 3.63) is 12.8 Å². The standard InChI is InChI=1S/C18H30O9/c1-2-25-13(19)9-7-5-3-4-6-8-10-14(20)26-11-12-15(21)16(22)17(23)18(24)27-12/h2,12,15-18,21-24H,1,3-11H2/t12-,15+,16+,17-,18-/m1/s1. The minimum atomic E-state index is -1.65. The van der Waals surface area contributed by atoms with Crippen molar-refractivity contribution in [1.29, 1.82) is 0 Å². The molecule has 0 radical (unpaired) electrons. The monoisotopic (exact) mass is 390 g/mol. The van der Waals surface area contributed by atoms with Crippen LogP contribution in [-0.2, 0) is 23.8 Å². The Bertz CT molecular complexity index is 468. The van der Waals surface area contributed by atoms with Gasteiger partial charge in [-0.15, -0.1) is 0 Å². The highest BCUT2D eigenvalue weighted by Gasteiger charge is 2.43. The SMILES string of the molecule is C=COC(=O)CCCCCCCCC(=O)OC[C@H]1O[C@@H](O)[C@H](O)[C@@H](O)[C@H]1O. The van der Waals surface area contributed by atoms with Crippen LogP contribution in [-0.4, -0.2) is 69.7 Å². The highest BCUT2D eigenvalue weighted by atomic mass is 16.6. The minimum absolute atomic E-state index is 0.211. The molecule has 1 heterocycles. The highest BCUT2D eigenvalue weighted by Crippen LogP contribution is 2.20. The largest absolute Gasteiger partial charge is 0.463 e. The normalized spacial score (nSPS) is 27.8. The lowest BCUT2D eigenvalue weighted by atomic mass is 9.99. The number of hydrogen-bond acceptors (Lipinski definition) is 9. The van der Waals surface area contributed by atoms with E-state index in [0.717, 1.165) is 38.4 Å². The molecule has 0 saturated carbocycles. The summed E-state index contributed by atoms with van der Waals surface area (Å²) in [5, 5.41) is 38.1. The Balaban J connectivity index is 2.04. The Kier molecular flexibility index (Phi) is 11.1. The molecule has 1 aliphatic heterocycles. The number of rotatable bonds is 12. The fraction of sp³-hybridized carbons (Fsp3) is 0.778. The lowest BCUT2D eigenvalue weighted by molar-refractivity contribution is -0.287. The summed E-state index contributed by atoms with van der Waals surface area (Å²) in [7, 11) is 0. The third-order valence-electron chi connectivity index (χ3n) is 4.32. The Morgan fingerprint density at radius 3 is 2.00 bits per heavy atom. The molecule has 5 atom stereocenters. The lowest BCUT2D eigenvalue weighted by Gasteiger charge is -2.37. The van der Waals surface area contributed by atoms with Gasteiger partial charge >= 0.3 is 11.9 Å². The maximum absolute atomic E-state index is 11.7. The zero-order valence-electron chi connectivity index (χ0n) is 15.4. The molecule has 156 valence electrons. The average molecular weight is 390 g/mol. The first-order valence-electron chi connectivity index (χ1n) is 9.20. The summed E-state index contributed by atoms with van der Waals surface area (Å²) in [5.74, 6) is -0.748. The molecular formula is C18H30O9. The van der Waals surface area contributed by atoms with E-state index in [-0.39, 0.29) is 19.0 Å². The van der Waals surface area contributed by atoms with Crippen LogP contribution in [0.1, 0.15) is 51.4 Å². The van der Waals surface area contributed by atoms with Crippen LogP contribution in [0.5, 0.6) is 0 Å². The van der Waals surface area contributed by atoms with Crippen molar-refractivity contribution in [3.63, 3.8) is 0 Å². The Labute approximate surface area is 158 Å². The first kappa shape index (κ1) is 23.5. The molecule has 1 rings (SSSR count). The number of aliphatic hydroxyl groups excluding tert-OH is 4. The van der Waals surface area contributed by atoms with Gasteiger partial charge in [-0.3, -0.25) is 9.59 Å². The van der Waals surface area contributed by atoms with Crippen LogP contribution in [0.4, 0.5) is 0 Å². The lowest BCUT2D eigenvalue weighted by Crippen LogP contribution is -2.58. The van der Waals surface area contributed by atoms with E-state index >= 15 is 0 Å². The molecule has 1 fully saturated rings. The fourth-order valence-electron chi connectivity index (χ4n) is 2.71. The number of unbranched alkanes of at least 4 members (excludes halogenated alkanes) is 5. The third-order valence-corrected chi connectivity index (χ3v) is 4.32. The Morgan fingerprint density at radius 1 is 0.852 bits per heavy atom. The number of ether oxygens (including phenoxy) is 3. The summed E-state index contributed by atoms with van der Waals surface area (Å²) < 4.78 is 14.5. The topological polar surface area (TPSA) is 143 Å². The van der Waals surface area contributed by atoms with Crippen LogP contribution in [0.25, 0.3) is 0 Å². The Morgan fingerprint density at radius 2 is 1.41 bits per heavy atom. The zero-order chi connectivity index (χ0) is 20.2. The molecule has 0 aromatic rings. The molecule has 0 aliphatic carbocycles. The van der Waals surface area contributed by atoms with Gasteiger partial charge in [-0.25, -0.2) is 0 Å². The molecule has 0 unspecified atom stereocenters. The second kappa shape index (κ2) is 12.8. The number of hydrogen-bond donors (Lipinski definition) is 4. The molecule has 0 amide bonds. The molecule has 27 heavy (non-hydrogen) atoms. The van der Waals surface area contributed by atoms with Gasteiger partial charge in [0.1, 0.15) is 31.0 Å². The zero-order valence-corrected chi connectivity index (χ0v) is 15.4. The summed E-state index contributed by atoms with van der Waals surface area (Å²) in [6, 6.07) is 0. The molecule has 9 heteroatoms. The smallest absolute Gasteiger partial charge is 0.310 e. The van der Waals surface area contributed by atoms with Crippen LogP contribution in [0, 0.1) is 0 Å². The van der Waals surface area contributed by atoms with E-state index < -0.39 is 36.7 Å². The van der Waals surface area contributed by atoms with E-state index in [1.165, 1.54) is 0 Å². The van der Waals surface area contributed by atoms with Crippen molar-refractivity contribution in [2.75, 3.05) is 6.61 Å². The quantitative estimate of drug-likeness (QED) is 0.208. The van der Waals surface area contributed by atoms with Gasteiger partial charge in [0.15, 0.2) is 6.29 Å². The molecular weight excluding hydrogens is 360 g/mol. The van der Waals surface area contributed by atoms with Crippen LogP contribution in [0.15, 0.2) is 12.8 Å². The predicted molar refractivity (Wildman–Crippen MR) is 93.1 cm³/mol. The molecule has 1 aliphatic rings. The van der Waals surface area contributed by atoms with E-state index in [2.05, 4.69) is 11.3 Å². The van der Waals surface area contributed by atoms with Crippen molar-refractivity contribution in [3.8, 4) is 0 Å². The van der Waals surface area contributed by atoms with Gasteiger partial charge in [-0.05, 0) is 12.8 Å². The molecule has 0 aromatic carbocycles. The molecule has 1 saturated heterocycles. The van der Waals surface area contributed by atoms with Gasteiger partial charge in [0, 0.05) is 12.8 Å². The number of esters is 2. The molecule has 9 nitrogen and oxygen atoms in total. The number of aliphatic hydroxyl groups is 4. The van der Waals surface area contributed by atoms with Gasteiger partial charge in [0.2, 0.25) is 0 Å². The van der Waals surface area contributed by atoms with E-state index in [1.807, 2.05) is 0 Å². The summed E-state index contributed by atoms with van der Waals surface area (Å²) in [4.78, 5) is 22.8. The van der Waals surface area contributed by atoms with Gasteiger partial charge < -0.3 is 34.6 Å². The summed E-state index contributed by atoms with van der Waals surface area (Å²) in [6.45, 7) is 3.00. The van der Waals surface area contributed by atoms with Crippen LogP contribution >= 0.6 is 0 Å². The summed E-state index contributed by atoms with van der Waals surface area (Å²) in [6.07, 6.45) is -0.646. The van der Waals surface area contributed by atoms with Crippen LogP contribution in [0.3, 0.4) is 0 Å². The van der Waals surface area contributed by atoms with Crippen molar-refractivity contribution < 1.29 is 44.2 Å². The highest BCUT2D eigenvalue weighted by molar-refractivity contribution is 5.69. The van der Waals surface area contributed by atoms with Crippen LogP contribution < -0.4 is 0 Å². The summed E-state index contributed by atoms with van der Waals surface area (Å²) in [5.41, 5.74) is 0. The van der Waals surface area contributed by atoms with Crippen LogP contribution in [0.2, 0.25) is 0 Å². The van der Waals surface area contributed by atoms with E-state index in [4.69, 9.17) is 9.47 Å². The molecule has 0 aromatic heterocycles. The fourth-order valence-corrected chi connectivity index (χ4v) is 2.71. The molecule has 0 bridgehead atoms. The second-order valence-electron chi connectivity index (χ2n) is 6.50. The molecule has 4 N–H and O–H groups in total. The maximum Gasteiger partial charge on any atom is 0.310 e. The molecule has 0 spiro atoms. The van der Waals surface area contributed by atoms with Crippen molar-refractivity contribution >= 4 is 11.9 Å². The minimum Gasteiger partial charge on any atom is -0.463 e. The van der Waals surface area contributed by atoms with E-state index in [9.17, 15) is 30.0 Å². The third kappa shape index (κ3) is 8.81. The van der Waals surface area contributed by atoms with Crippen molar-refractivity contribution in [2.45, 2.75) is 82.1 Å². The summed E-state index contributed by atoms with van der Waals surface area (Å²) >= 11 is 0. The first-order chi connectivity index (χ1) is 12.9. The van der Waals surface area contributed by atoms with Crippen molar-refractivity contribution in [1.82, 2.24) is 0 Å². The first-order valence-corrected chi connectivity index (χ1v) is 9.20. The predicted octanol–water partition coefficient (Wildman–Crippen LogP) is 0.137. The van der Waals surface area contributed by atoms with E-state index in [1.54, 1.807) is 0 Å². The maximum atomic E-state index is 11.7. The van der Waals surface area contributed by atoms with Gasteiger partial charge in [0.05, 0.1) is 6.26 Å². The van der Waals surface area contributed by atoms with Gasteiger partial charge in [0.25, 0.3) is 0 Å². The number of carbonyl (C=O) groups excluding carboxylic acids is 2. The van der Waals surface area contributed by atoms with E-state index in [0.29, 0.717) is 12.8 Å². The van der Waals surface area contributed by atoms with Gasteiger partial charge in [-0.2, -0.15) is 0 Å². The van der Waals surface area contributed by atoms with Gasteiger partial charge in [-0.1, -0.05) is 32.3 Å². The Hall–Kier alpha value is -1.52. The number of carbonyl (C=O) groups is 2. The second-order valence-corrected chi connectivity index (χ2v) is 6.50. The van der Waals surface area contributed by atoms with Crippen molar-refractivity contribution in [2.24, 2.45) is 0 Å². The average Bonchev–Trinajstić information content (AvgIpc) is 2.64.